The van der Waals surface area contributed by atoms with Crippen molar-refractivity contribution in [1.82, 2.24) is 29.6 Å². The molecule has 0 radical (unpaired) electrons. The summed E-state index contributed by atoms with van der Waals surface area (Å²) >= 11 is 19.2. The minimum absolute atomic E-state index is 0.00974. The lowest BCUT2D eigenvalue weighted by Crippen LogP contribution is -2.43. The lowest BCUT2D eigenvalue weighted by molar-refractivity contribution is -0.128. The summed E-state index contributed by atoms with van der Waals surface area (Å²) in [6.45, 7) is 15.8. The summed E-state index contributed by atoms with van der Waals surface area (Å²) in [5.74, 6) is -1.08. The molecule has 68 heavy (non-hydrogen) atoms. The quantitative estimate of drug-likeness (QED) is 0.116. The maximum Gasteiger partial charge on any atom is 0.255 e. The number of hydrogen-bond donors (Lipinski definition) is 2. The highest BCUT2D eigenvalue weighted by Crippen LogP contribution is 2.47. The van der Waals surface area contributed by atoms with E-state index in [0.717, 1.165) is 37.3 Å². The van der Waals surface area contributed by atoms with Crippen LogP contribution < -0.4 is 10.6 Å². The lowest BCUT2D eigenvalue weighted by atomic mass is 10.0. The van der Waals surface area contributed by atoms with Crippen molar-refractivity contribution in [3.63, 3.8) is 0 Å². The van der Waals surface area contributed by atoms with Crippen LogP contribution in [0.4, 0.5) is 10.3 Å². The molecule has 358 valence electrons. The number of nitrogens with one attached hydrogen (secondary N) is 2. The fraction of sp³-hybridized carbons (Fsp3) is 0.417. The Labute approximate surface area is 422 Å². The Bertz CT molecular complexity index is 2670. The number of thiazole rings is 2. The second-order valence-corrected chi connectivity index (χ2v) is 23.2. The number of aromatic nitrogens is 2. The van der Waals surface area contributed by atoms with Crippen LogP contribution in [0.5, 0.6) is 0 Å². The van der Waals surface area contributed by atoms with Crippen molar-refractivity contribution in [2.24, 2.45) is 17.8 Å². The first-order chi connectivity index (χ1) is 32.6. The Kier molecular flexibility index (Phi) is 15.7. The zero-order chi connectivity index (χ0) is 48.4. The Morgan fingerprint density at radius 1 is 0.735 bits per heavy atom. The van der Waals surface area contributed by atoms with Gasteiger partial charge in [-0.1, -0.05) is 82.6 Å². The molecule has 4 aromatic rings. The molecule has 2 unspecified atom stereocenters. The number of benzene rings is 2. The Morgan fingerprint density at radius 3 is 1.82 bits per heavy atom. The summed E-state index contributed by atoms with van der Waals surface area (Å²) < 4.78 is 1.60. The summed E-state index contributed by atoms with van der Waals surface area (Å²) in [5, 5.41) is 7.66. The topological polar surface area (TPSA) is 165 Å². The minimum Gasteiger partial charge on any atom is -0.337 e. The monoisotopic (exact) mass is 1030 g/mol. The zero-order valence-electron chi connectivity index (χ0n) is 37.9. The van der Waals surface area contributed by atoms with E-state index in [-0.39, 0.29) is 65.3 Å². The molecule has 2 aliphatic heterocycles. The molecule has 4 heterocycles. The average molecular weight is 1040 g/mol. The van der Waals surface area contributed by atoms with Gasteiger partial charge in [-0.2, -0.15) is 0 Å². The van der Waals surface area contributed by atoms with Gasteiger partial charge >= 0.3 is 0 Å². The fourth-order valence-electron chi connectivity index (χ4n) is 8.67. The van der Waals surface area contributed by atoms with Crippen molar-refractivity contribution in [1.29, 1.82) is 0 Å². The highest BCUT2D eigenvalue weighted by Gasteiger charge is 2.43. The standard InChI is InChI=1S/C48H52Cl2N8O6S4/c1-6-39(59)57-14-8-12-55(24-27(57)4)45(63)32-20-38(36(50)16-26(32)3)66-42-23-52-48(68-42)54-44(62)33-18-30(33)17-31-19-35(49)34(46(64)56-13-9-15-58(28(5)25-56)40(60)7-2)21-37(31)65-41-22-51-47(67-41)53-43(61)29-10-11-29/h6-7,16,19-23,27-30,33H,1-2,8-15,17-18,24-25H2,3-5H3,(H,51,53,61)(H,52,54,62)/t27-,28-,30?,33?/m1/s1. The molecule has 14 nitrogen and oxygen atoms in total. The Balaban J connectivity index is 0.933. The predicted molar refractivity (Wildman–Crippen MR) is 269 cm³/mol. The van der Waals surface area contributed by atoms with Crippen LogP contribution in [0.3, 0.4) is 0 Å². The van der Waals surface area contributed by atoms with Crippen LogP contribution in [0, 0.1) is 24.7 Å². The number of carbonyl (C=O) groups excluding carboxylic acids is 6. The number of aryl methyl sites for hydroxylation is 1. The lowest BCUT2D eigenvalue weighted by Gasteiger charge is -2.28. The van der Waals surface area contributed by atoms with Gasteiger partial charge in [0.25, 0.3) is 11.8 Å². The third kappa shape index (κ3) is 11.6. The van der Waals surface area contributed by atoms with E-state index in [2.05, 4.69) is 33.8 Å². The smallest absolute Gasteiger partial charge is 0.255 e. The third-order valence-electron chi connectivity index (χ3n) is 12.6. The molecule has 2 aromatic carbocycles. The van der Waals surface area contributed by atoms with E-state index >= 15 is 0 Å². The van der Waals surface area contributed by atoms with Crippen molar-refractivity contribution in [2.75, 3.05) is 49.9 Å². The first-order valence-electron chi connectivity index (χ1n) is 22.6. The number of amides is 6. The number of halogens is 2. The van der Waals surface area contributed by atoms with Gasteiger partial charge in [0.1, 0.15) is 0 Å². The summed E-state index contributed by atoms with van der Waals surface area (Å²) in [6.07, 6.45) is 10.2. The fourth-order valence-corrected chi connectivity index (χ4v) is 13.1. The van der Waals surface area contributed by atoms with E-state index < -0.39 is 0 Å². The van der Waals surface area contributed by atoms with Crippen LogP contribution in [0.15, 0.2) is 80.2 Å². The van der Waals surface area contributed by atoms with Crippen molar-refractivity contribution in [2.45, 2.75) is 89.6 Å². The molecule has 0 bridgehead atoms. The summed E-state index contributed by atoms with van der Waals surface area (Å²) in [7, 11) is 0. The van der Waals surface area contributed by atoms with Gasteiger partial charge in [0.15, 0.2) is 10.3 Å². The second kappa shape index (κ2) is 21.5. The van der Waals surface area contributed by atoms with Gasteiger partial charge in [-0.3, -0.25) is 28.8 Å². The minimum atomic E-state index is -0.274. The molecule has 4 aliphatic rings. The van der Waals surface area contributed by atoms with E-state index in [4.69, 9.17) is 23.2 Å². The Morgan fingerprint density at radius 2 is 1.26 bits per heavy atom. The number of anilines is 2. The normalized spacial score (nSPS) is 20.5. The largest absolute Gasteiger partial charge is 0.337 e. The molecule has 2 N–H and O–H groups in total. The third-order valence-corrected chi connectivity index (χ3v) is 17.5. The van der Waals surface area contributed by atoms with Crippen molar-refractivity contribution < 1.29 is 28.8 Å². The van der Waals surface area contributed by atoms with Gasteiger partial charge in [-0.25, -0.2) is 9.97 Å². The summed E-state index contributed by atoms with van der Waals surface area (Å²) in [4.78, 5) is 96.6. The zero-order valence-corrected chi connectivity index (χ0v) is 42.7. The molecular weight excluding hydrogens is 984 g/mol. The van der Waals surface area contributed by atoms with E-state index in [1.54, 1.807) is 44.1 Å². The maximum atomic E-state index is 14.2. The first kappa shape index (κ1) is 49.7. The molecule has 4 atom stereocenters. The van der Waals surface area contributed by atoms with Gasteiger partial charge in [0, 0.05) is 78.5 Å². The van der Waals surface area contributed by atoms with Crippen LogP contribution in [-0.4, -0.2) is 116 Å². The molecule has 2 aromatic heterocycles. The number of nitrogens with zero attached hydrogens (tertiary/aromatic N) is 6. The van der Waals surface area contributed by atoms with Crippen LogP contribution in [0.25, 0.3) is 0 Å². The van der Waals surface area contributed by atoms with Gasteiger partial charge < -0.3 is 30.2 Å². The van der Waals surface area contributed by atoms with E-state index in [9.17, 15) is 28.8 Å². The van der Waals surface area contributed by atoms with E-state index in [1.165, 1.54) is 58.3 Å². The number of carbonyl (C=O) groups is 6. The maximum absolute atomic E-state index is 14.2. The number of rotatable bonds is 14. The van der Waals surface area contributed by atoms with E-state index in [0.29, 0.717) is 101 Å². The molecule has 2 saturated heterocycles. The van der Waals surface area contributed by atoms with Gasteiger partial charge in [0.2, 0.25) is 23.6 Å². The first-order valence-corrected chi connectivity index (χ1v) is 26.6. The van der Waals surface area contributed by atoms with Gasteiger partial charge in [0.05, 0.1) is 36.4 Å². The molecule has 6 amide bonds. The summed E-state index contributed by atoms with van der Waals surface area (Å²) in [6, 6.07) is 6.85. The second-order valence-electron chi connectivity index (χ2n) is 17.6. The molecule has 2 aliphatic carbocycles. The summed E-state index contributed by atoms with van der Waals surface area (Å²) in [5.41, 5.74) is 2.51. The van der Waals surface area contributed by atoms with Crippen LogP contribution in [-0.2, 0) is 25.6 Å². The molecule has 4 fully saturated rings. The molecule has 20 heteroatoms. The number of hydrogen-bond acceptors (Lipinski definition) is 12. The van der Waals surface area contributed by atoms with Crippen molar-refractivity contribution in [3.8, 4) is 0 Å². The van der Waals surface area contributed by atoms with Gasteiger partial charge in [-0.15, -0.1) is 0 Å². The molecule has 0 spiro atoms. The van der Waals surface area contributed by atoms with Crippen molar-refractivity contribution >= 4 is 115 Å². The van der Waals surface area contributed by atoms with Crippen LogP contribution in [0.2, 0.25) is 10.0 Å². The molecule has 2 saturated carbocycles. The van der Waals surface area contributed by atoms with Gasteiger partial charge in [-0.05, 0) is 113 Å². The van der Waals surface area contributed by atoms with Crippen molar-refractivity contribution in [3.05, 3.63) is 94.3 Å². The van der Waals surface area contributed by atoms with Crippen LogP contribution >= 0.6 is 69.4 Å². The highest BCUT2D eigenvalue weighted by molar-refractivity contribution is 8.01. The molecular formula is C48H52Cl2N8O6S4. The Hall–Kier alpha value is -4.72. The van der Waals surface area contributed by atoms with E-state index in [1.807, 2.05) is 32.9 Å². The predicted octanol–water partition coefficient (Wildman–Crippen LogP) is 9.18. The highest BCUT2D eigenvalue weighted by atomic mass is 35.5. The van der Waals surface area contributed by atoms with Crippen LogP contribution in [0.1, 0.15) is 77.8 Å². The SMILES string of the molecule is C=CC(=O)N1CCCN(C(=O)c2cc(Sc3cnc(NC(=O)C4CC4Cc4cc(Cl)c(C(=O)N5CCCN(C(=O)C=C)[C@H](C)C5)cc4Sc4cnc(NC(=O)C5CC5)s4)s3)c(Cl)cc2C)C[C@H]1C. The average Bonchev–Trinajstić information content (AvgIpc) is 4.24. The molecule has 8 rings (SSSR count).